The Hall–Kier alpha value is -2.66. The highest BCUT2D eigenvalue weighted by Gasteiger charge is 2.25. The molecule has 1 aromatic carbocycles. The molecule has 0 aliphatic carbocycles. The molecule has 0 amide bonds. The topological polar surface area (TPSA) is 58.2 Å². The molecule has 1 N–H and O–H groups in total. The lowest BCUT2D eigenvalue weighted by Crippen LogP contribution is -2.27. The molecular weight excluding hydrogens is 314 g/mol. The molecule has 3 aromatic rings. The molecule has 5 nitrogen and oxygen atoms in total. The van der Waals surface area contributed by atoms with Crippen LogP contribution in [0.3, 0.4) is 0 Å². The van der Waals surface area contributed by atoms with Crippen LogP contribution >= 0.6 is 0 Å². The molecule has 25 heavy (non-hydrogen) atoms. The van der Waals surface area contributed by atoms with Crippen molar-refractivity contribution in [1.29, 1.82) is 0 Å². The van der Waals surface area contributed by atoms with E-state index in [0.717, 1.165) is 47.4 Å². The minimum absolute atomic E-state index is 0.00817. The summed E-state index contributed by atoms with van der Waals surface area (Å²) < 4.78 is 6.08. The number of hydrogen-bond donors (Lipinski definition) is 1. The van der Waals surface area contributed by atoms with Crippen LogP contribution < -0.4 is 10.3 Å². The molecule has 3 heterocycles. The molecule has 128 valence electrons. The summed E-state index contributed by atoms with van der Waals surface area (Å²) in [5, 5.41) is 1.06. The number of nitrogens with one attached hydrogen (secondary N) is 1. The Kier molecular flexibility index (Phi) is 4.24. The van der Waals surface area contributed by atoms with Crippen molar-refractivity contribution in [3.8, 4) is 5.75 Å². The molecule has 1 atom stereocenters. The highest BCUT2D eigenvalue weighted by atomic mass is 16.5. The number of fused-ring (bicyclic) bond motifs is 1. The number of H-pyrrole nitrogens is 1. The van der Waals surface area contributed by atoms with Gasteiger partial charge in [-0.2, -0.15) is 0 Å². The van der Waals surface area contributed by atoms with E-state index in [1.54, 1.807) is 6.20 Å². The van der Waals surface area contributed by atoms with E-state index < -0.39 is 0 Å². The third-order valence-electron chi connectivity index (χ3n) is 4.71. The first kappa shape index (κ1) is 15.8. The minimum atomic E-state index is -0.00817. The predicted octanol–water partition coefficient (Wildman–Crippen LogP) is 2.88. The molecule has 1 unspecified atom stereocenters. The number of hydrogen-bond acceptors (Lipinski definition) is 4. The van der Waals surface area contributed by atoms with Gasteiger partial charge in [-0.15, -0.1) is 0 Å². The number of likely N-dealkylation sites (tertiary alicyclic amines) is 1. The molecule has 2 aromatic heterocycles. The van der Waals surface area contributed by atoms with Crippen molar-refractivity contribution in [2.24, 2.45) is 0 Å². The average Bonchev–Trinajstić information content (AvgIpc) is 3.05. The number of benzene rings is 1. The molecular formula is C20H21N3O2. The lowest BCUT2D eigenvalue weighted by Gasteiger charge is -2.17. The summed E-state index contributed by atoms with van der Waals surface area (Å²) in [4.78, 5) is 21.8. The molecule has 1 aliphatic rings. The zero-order valence-corrected chi connectivity index (χ0v) is 14.2. The van der Waals surface area contributed by atoms with Gasteiger partial charge in [-0.05, 0) is 43.0 Å². The predicted molar refractivity (Wildman–Crippen MR) is 97.9 cm³/mol. The van der Waals surface area contributed by atoms with Crippen molar-refractivity contribution in [3.05, 3.63) is 70.3 Å². The monoisotopic (exact) mass is 335 g/mol. The van der Waals surface area contributed by atoms with Crippen LogP contribution in [0.15, 0.2) is 53.5 Å². The molecule has 0 radical (unpaired) electrons. The molecule has 0 bridgehead atoms. The van der Waals surface area contributed by atoms with Crippen molar-refractivity contribution in [2.45, 2.75) is 26.0 Å². The third kappa shape index (κ3) is 3.42. The van der Waals surface area contributed by atoms with Gasteiger partial charge in [-0.1, -0.05) is 18.2 Å². The van der Waals surface area contributed by atoms with Gasteiger partial charge in [0.2, 0.25) is 0 Å². The Morgan fingerprint density at radius 1 is 1.28 bits per heavy atom. The van der Waals surface area contributed by atoms with Crippen LogP contribution in [0.2, 0.25) is 0 Å². The molecule has 1 aliphatic heterocycles. The summed E-state index contributed by atoms with van der Waals surface area (Å²) in [7, 11) is 0. The third-order valence-corrected chi connectivity index (χ3v) is 4.71. The van der Waals surface area contributed by atoms with Gasteiger partial charge in [0.1, 0.15) is 11.9 Å². The van der Waals surface area contributed by atoms with Gasteiger partial charge in [-0.25, -0.2) is 0 Å². The summed E-state index contributed by atoms with van der Waals surface area (Å²) in [5.41, 5.74) is 2.58. The summed E-state index contributed by atoms with van der Waals surface area (Å²) in [6.45, 7) is 4.35. The standard InChI is InChI=1S/C20H21N3O2/c1-14-19(7-4-9-21-14)25-17-8-10-23(13-17)12-16-11-15-5-2-3-6-18(15)22-20(16)24/h2-7,9,11,17H,8,10,12-13H2,1H3,(H,22,24). The Morgan fingerprint density at radius 3 is 3.04 bits per heavy atom. The normalized spacial score (nSPS) is 17.9. The van der Waals surface area contributed by atoms with Crippen molar-refractivity contribution >= 4 is 10.9 Å². The molecule has 4 rings (SSSR count). The molecule has 0 spiro atoms. The SMILES string of the molecule is Cc1ncccc1OC1CCN(Cc2cc3ccccc3[nH]c2=O)C1. The maximum atomic E-state index is 12.3. The number of aromatic nitrogens is 2. The van der Waals surface area contributed by atoms with Crippen LogP contribution in [0, 0.1) is 6.92 Å². The fourth-order valence-electron chi connectivity index (χ4n) is 3.36. The summed E-state index contributed by atoms with van der Waals surface area (Å²) in [6.07, 6.45) is 2.87. The van der Waals surface area contributed by atoms with E-state index in [0.29, 0.717) is 6.54 Å². The average molecular weight is 335 g/mol. The number of nitrogens with zero attached hydrogens (tertiary/aromatic N) is 2. The largest absolute Gasteiger partial charge is 0.487 e. The quantitative estimate of drug-likeness (QED) is 0.796. The van der Waals surface area contributed by atoms with E-state index in [4.69, 9.17) is 4.74 Å². The van der Waals surface area contributed by atoms with Crippen LogP contribution in [-0.2, 0) is 6.54 Å². The van der Waals surface area contributed by atoms with Gasteiger partial charge in [0.05, 0.1) is 5.69 Å². The first-order valence-electron chi connectivity index (χ1n) is 8.60. The molecule has 1 saturated heterocycles. The van der Waals surface area contributed by atoms with Crippen molar-refractivity contribution in [1.82, 2.24) is 14.9 Å². The number of ether oxygens (including phenoxy) is 1. The second kappa shape index (κ2) is 6.69. The van der Waals surface area contributed by atoms with Crippen LogP contribution in [0.25, 0.3) is 10.9 Å². The lowest BCUT2D eigenvalue weighted by atomic mass is 10.1. The first-order chi connectivity index (χ1) is 12.2. The minimum Gasteiger partial charge on any atom is -0.487 e. The number of pyridine rings is 2. The van der Waals surface area contributed by atoms with E-state index >= 15 is 0 Å². The van der Waals surface area contributed by atoms with E-state index in [-0.39, 0.29) is 11.7 Å². The smallest absolute Gasteiger partial charge is 0.252 e. The Morgan fingerprint density at radius 2 is 2.16 bits per heavy atom. The second-order valence-corrected chi connectivity index (χ2v) is 6.56. The molecule has 1 fully saturated rings. The highest BCUT2D eigenvalue weighted by Crippen LogP contribution is 2.21. The molecule has 5 heteroatoms. The maximum absolute atomic E-state index is 12.3. The fourth-order valence-corrected chi connectivity index (χ4v) is 3.36. The Balaban J connectivity index is 1.45. The Labute approximate surface area is 146 Å². The zero-order valence-electron chi connectivity index (χ0n) is 14.2. The number of aromatic amines is 1. The van der Waals surface area contributed by atoms with Gasteiger partial charge >= 0.3 is 0 Å². The maximum Gasteiger partial charge on any atom is 0.252 e. The van der Waals surface area contributed by atoms with E-state index in [1.165, 1.54) is 0 Å². The first-order valence-corrected chi connectivity index (χ1v) is 8.60. The highest BCUT2D eigenvalue weighted by molar-refractivity contribution is 5.78. The molecule has 0 saturated carbocycles. The van der Waals surface area contributed by atoms with Crippen LogP contribution in [-0.4, -0.2) is 34.1 Å². The van der Waals surface area contributed by atoms with Crippen LogP contribution in [0.5, 0.6) is 5.75 Å². The Bertz CT molecular complexity index is 951. The lowest BCUT2D eigenvalue weighted by molar-refractivity contribution is 0.196. The van der Waals surface area contributed by atoms with E-state index in [2.05, 4.69) is 14.9 Å². The zero-order chi connectivity index (χ0) is 17.2. The number of aryl methyl sites for hydroxylation is 1. The number of para-hydroxylation sites is 1. The van der Waals surface area contributed by atoms with Gasteiger partial charge in [0, 0.05) is 36.9 Å². The van der Waals surface area contributed by atoms with E-state index in [1.807, 2.05) is 49.4 Å². The van der Waals surface area contributed by atoms with Gasteiger partial charge < -0.3 is 9.72 Å². The summed E-state index contributed by atoms with van der Waals surface area (Å²) in [5.74, 6) is 0.845. The summed E-state index contributed by atoms with van der Waals surface area (Å²) in [6, 6.07) is 13.7. The van der Waals surface area contributed by atoms with Gasteiger partial charge in [0.15, 0.2) is 0 Å². The van der Waals surface area contributed by atoms with Crippen molar-refractivity contribution in [3.63, 3.8) is 0 Å². The van der Waals surface area contributed by atoms with Gasteiger partial charge in [0.25, 0.3) is 5.56 Å². The fraction of sp³-hybridized carbons (Fsp3) is 0.300. The van der Waals surface area contributed by atoms with Crippen LogP contribution in [0.1, 0.15) is 17.7 Å². The second-order valence-electron chi connectivity index (χ2n) is 6.56. The van der Waals surface area contributed by atoms with Crippen LogP contribution in [0.4, 0.5) is 0 Å². The van der Waals surface area contributed by atoms with Crippen molar-refractivity contribution < 1.29 is 4.74 Å². The van der Waals surface area contributed by atoms with E-state index in [9.17, 15) is 4.79 Å². The number of rotatable bonds is 4. The summed E-state index contributed by atoms with van der Waals surface area (Å²) >= 11 is 0. The van der Waals surface area contributed by atoms with Gasteiger partial charge in [-0.3, -0.25) is 14.7 Å². The van der Waals surface area contributed by atoms with Crippen molar-refractivity contribution in [2.75, 3.05) is 13.1 Å².